The Bertz CT molecular complexity index is 406. The van der Waals surface area contributed by atoms with Crippen molar-refractivity contribution >= 4 is 15.2 Å². The van der Waals surface area contributed by atoms with Crippen molar-refractivity contribution in [2.75, 3.05) is 14.2 Å². The fraction of sp³-hybridized carbons (Fsp3) is 1.00. The van der Waals surface area contributed by atoms with E-state index in [1.807, 2.05) is 20.8 Å². The minimum Gasteiger partial charge on any atom is -0.368 e. The van der Waals surface area contributed by atoms with E-state index in [-0.39, 0.29) is 17.8 Å². The summed E-state index contributed by atoms with van der Waals surface area (Å²) in [6, 6.07) is 0. The summed E-state index contributed by atoms with van der Waals surface area (Å²) in [6.45, 7) is 7.88. The molecule has 3 atom stereocenters. The Kier molecular flexibility index (Phi) is 7.31. The molecule has 0 aliphatic heterocycles. The van der Waals surface area contributed by atoms with Gasteiger partial charge in [0, 0.05) is 20.6 Å². The molecule has 0 amide bonds. The Morgan fingerprint density at radius 1 is 1.05 bits per heavy atom. The molecule has 3 N–H and O–H groups in total. The lowest BCUT2D eigenvalue weighted by molar-refractivity contribution is 0.0943. The molecule has 0 fully saturated rings. The average molecular weight is 346 g/mol. The molecule has 0 spiro atoms. The summed E-state index contributed by atoms with van der Waals surface area (Å²) in [7, 11) is -7.66. The molecule has 0 aromatic rings. The van der Waals surface area contributed by atoms with Crippen LogP contribution in [0.4, 0.5) is 0 Å². The lowest BCUT2D eigenvalue weighted by Gasteiger charge is -2.35. The van der Waals surface area contributed by atoms with Crippen LogP contribution in [0.5, 0.6) is 0 Å². The van der Waals surface area contributed by atoms with Crippen LogP contribution in [0.15, 0.2) is 0 Å². The highest BCUT2D eigenvalue weighted by Crippen LogP contribution is 2.73. The Balaban J connectivity index is 5.29. The van der Waals surface area contributed by atoms with Gasteiger partial charge in [-0.05, 0) is 17.8 Å². The van der Waals surface area contributed by atoms with Crippen LogP contribution in [-0.2, 0) is 18.2 Å². The monoisotopic (exact) mass is 346 g/mol. The van der Waals surface area contributed by atoms with Crippen LogP contribution in [0.3, 0.4) is 0 Å². The van der Waals surface area contributed by atoms with E-state index in [1.165, 1.54) is 0 Å². The maximum Gasteiger partial charge on any atom is 0.371 e. The third-order valence-electron chi connectivity index (χ3n) is 3.41. The first-order valence-electron chi connectivity index (χ1n) is 6.72. The Morgan fingerprint density at radius 3 is 1.71 bits per heavy atom. The number of hydrogen-bond donors (Lipinski definition) is 3. The maximum absolute atomic E-state index is 12.0. The molecule has 0 aliphatic rings. The Hall–Kier alpha value is 0.260. The number of aliphatic hydroxyl groups is 1. The van der Waals surface area contributed by atoms with Crippen molar-refractivity contribution in [1.82, 2.24) is 0 Å². The topological polar surface area (TPSA) is 113 Å². The summed E-state index contributed by atoms with van der Waals surface area (Å²) >= 11 is 0. The Morgan fingerprint density at radius 2 is 1.43 bits per heavy atom. The molecule has 0 aliphatic carbocycles. The van der Waals surface area contributed by atoms with Gasteiger partial charge in [0.15, 0.2) is 0 Å². The van der Waals surface area contributed by atoms with Crippen LogP contribution >= 0.6 is 15.2 Å². The third-order valence-corrected chi connectivity index (χ3v) is 8.09. The summed E-state index contributed by atoms with van der Waals surface area (Å²) in [5.74, 6) is -0.263. The first kappa shape index (κ1) is 21.3. The number of hydrogen-bond acceptors (Lipinski definition) is 5. The zero-order chi connectivity index (χ0) is 17.1. The molecule has 0 saturated carbocycles. The van der Waals surface area contributed by atoms with Crippen LogP contribution in [-0.4, -0.2) is 34.2 Å². The predicted octanol–water partition coefficient (Wildman–Crippen LogP) is 3.15. The van der Waals surface area contributed by atoms with Gasteiger partial charge in [0.1, 0.15) is 0 Å². The standard InChI is InChI=1S/C12H28O7P2/c1-10(7-8-11(2,3)4)9-12(13,20(14,15)18-5)21(16,17)19-6/h10,13H,7-9H2,1-6H3,(H,14,15)(H,16,17). The van der Waals surface area contributed by atoms with Crippen molar-refractivity contribution in [3.8, 4) is 0 Å². The molecule has 0 bridgehead atoms. The van der Waals surface area contributed by atoms with Gasteiger partial charge in [0.25, 0.3) is 5.08 Å². The quantitative estimate of drug-likeness (QED) is 0.579. The second-order valence-corrected chi connectivity index (χ2v) is 11.2. The van der Waals surface area contributed by atoms with E-state index in [1.54, 1.807) is 6.92 Å². The van der Waals surface area contributed by atoms with Crippen molar-refractivity contribution in [3.63, 3.8) is 0 Å². The van der Waals surface area contributed by atoms with Crippen molar-refractivity contribution in [1.29, 1.82) is 0 Å². The van der Waals surface area contributed by atoms with Crippen LogP contribution < -0.4 is 0 Å². The summed E-state index contributed by atoms with van der Waals surface area (Å²) in [6.07, 6.45) is 1.06. The first-order valence-corrected chi connectivity index (χ1v) is 9.87. The normalized spacial score (nSPS) is 22.9. The second-order valence-electron chi connectivity index (χ2n) is 6.59. The molecule has 9 heteroatoms. The molecule has 128 valence electrons. The SMILES string of the molecule is COP(=O)(O)C(O)(CC(C)CCC(C)(C)C)P(=O)(O)OC. The van der Waals surface area contributed by atoms with Crippen molar-refractivity contribution < 1.29 is 33.1 Å². The largest absolute Gasteiger partial charge is 0.371 e. The maximum atomic E-state index is 12.0. The fourth-order valence-corrected chi connectivity index (χ4v) is 5.37. The van der Waals surface area contributed by atoms with E-state index >= 15 is 0 Å². The van der Waals surface area contributed by atoms with E-state index in [0.29, 0.717) is 6.42 Å². The molecule has 0 saturated heterocycles. The van der Waals surface area contributed by atoms with Crippen molar-refractivity contribution in [3.05, 3.63) is 0 Å². The van der Waals surface area contributed by atoms with Crippen molar-refractivity contribution in [2.45, 2.75) is 52.0 Å². The minimum atomic E-state index is -4.73. The molecule has 0 aromatic carbocycles. The fourth-order valence-electron chi connectivity index (χ4n) is 1.93. The lowest BCUT2D eigenvalue weighted by Crippen LogP contribution is -2.32. The smallest absolute Gasteiger partial charge is 0.368 e. The van der Waals surface area contributed by atoms with Crippen LogP contribution in [0, 0.1) is 11.3 Å². The summed E-state index contributed by atoms with van der Waals surface area (Å²) < 4.78 is 32.8. The molecule has 21 heavy (non-hydrogen) atoms. The van der Waals surface area contributed by atoms with Gasteiger partial charge < -0.3 is 23.9 Å². The van der Waals surface area contributed by atoms with Gasteiger partial charge in [-0.25, -0.2) is 0 Å². The van der Waals surface area contributed by atoms with E-state index < -0.39 is 20.3 Å². The van der Waals surface area contributed by atoms with Gasteiger partial charge in [-0.15, -0.1) is 0 Å². The van der Waals surface area contributed by atoms with E-state index in [2.05, 4.69) is 9.05 Å². The van der Waals surface area contributed by atoms with Gasteiger partial charge in [0.2, 0.25) is 0 Å². The lowest BCUT2D eigenvalue weighted by atomic mass is 9.86. The minimum absolute atomic E-state index is 0.0563. The molecule has 0 heterocycles. The van der Waals surface area contributed by atoms with Crippen LogP contribution in [0.1, 0.15) is 47.0 Å². The molecule has 3 unspecified atom stereocenters. The Labute approximate surface area is 126 Å². The zero-order valence-electron chi connectivity index (χ0n) is 13.6. The summed E-state index contributed by atoms with van der Waals surface area (Å²) in [5, 5.41) is 7.56. The molecule has 7 nitrogen and oxygen atoms in total. The van der Waals surface area contributed by atoms with E-state index in [9.17, 15) is 24.0 Å². The van der Waals surface area contributed by atoms with Gasteiger partial charge in [-0.3, -0.25) is 9.13 Å². The van der Waals surface area contributed by atoms with Crippen molar-refractivity contribution in [2.24, 2.45) is 11.3 Å². The highest BCUT2D eigenvalue weighted by atomic mass is 31.2. The van der Waals surface area contributed by atoms with Crippen LogP contribution in [0.25, 0.3) is 0 Å². The van der Waals surface area contributed by atoms with Gasteiger partial charge in [0.05, 0.1) is 0 Å². The van der Waals surface area contributed by atoms with Gasteiger partial charge in [-0.1, -0.05) is 34.1 Å². The van der Waals surface area contributed by atoms with Gasteiger partial charge in [-0.2, -0.15) is 0 Å². The van der Waals surface area contributed by atoms with Gasteiger partial charge >= 0.3 is 15.2 Å². The highest BCUT2D eigenvalue weighted by Gasteiger charge is 2.61. The summed E-state index contributed by atoms with van der Waals surface area (Å²) in [4.78, 5) is 19.5. The number of rotatable bonds is 8. The molecule has 0 aromatic heterocycles. The molecular weight excluding hydrogens is 318 g/mol. The summed E-state index contributed by atoms with van der Waals surface area (Å²) in [5.41, 5.74) is 0.0563. The molecular formula is C12H28O7P2. The third kappa shape index (κ3) is 5.43. The zero-order valence-corrected chi connectivity index (χ0v) is 15.4. The van der Waals surface area contributed by atoms with E-state index in [4.69, 9.17) is 0 Å². The molecule has 0 radical (unpaired) electrons. The predicted molar refractivity (Wildman–Crippen MR) is 81.1 cm³/mol. The van der Waals surface area contributed by atoms with E-state index in [0.717, 1.165) is 20.6 Å². The molecule has 0 rings (SSSR count). The first-order chi connectivity index (χ1) is 9.22. The highest BCUT2D eigenvalue weighted by molar-refractivity contribution is 7.72. The average Bonchev–Trinajstić information content (AvgIpc) is 2.35. The second kappa shape index (κ2) is 7.22. The van der Waals surface area contributed by atoms with Crippen LogP contribution in [0.2, 0.25) is 0 Å².